The van der Waals surface area contributed by atoms with Gasteiger partial charge in [-0.1, -0.05) is 31.2 Å². The van der Waals surface area contributed by atoms with E-state index in [1.807, 2.05) is 19.2 Å². The molecular weight excluding hydrogens is 222 g/mol. The molecule has 3 heteroatoms. The zero-order valence-corrected chi connectivity index (χ0v) is 11.1. The quantitative estimate of drug-likeness (QED) is 0.854. The van der Waals surface area contributed by atoms with Gasteiger partial charge in [-0.2, -0.15) is 0 Å². The Kier molecular flexibility index (Phi) is 4.15. The summed E-state index contributed by atoms with van der Waals surface area (Å²) in [5, 5.41) is 3.38. The Labute approximate surface area is 109 Å². The van der Waals surface area contributed by atoms with E-state index in [0.717, 1.165) is 12.4 Å². The lowest BCUT2D eigenvalue weighted by Gasteiger charge is -2.23. The molecule has 0 aliphatic heterocycles. The molecule has 0 radical (unpaired) electrons. The number of nitrogens with one attached hydrogen (secondary N) is 1. The molecule has 3 N–H and O–H groups in total. The Morgan fingerprint density at radius 3 is 2.83 bits per heavy atom. The van der Waals surface area contributed by atoms with Crippen LogP contribution in [0, 0.1) is 18.8 Å². The molecule has 0 saturated heterocycles. The summed E-state index contributed by atoms with van der Waals surface area (Å²) in [6.07, 6.45) is 8.52. The summed E-state index contributed by atoms with van der Waals surface area (Å²) >= 11 is 0. The second-order valence-electron chi connectivity index (χ2n) is 4.93. The van der Waals surface area contributed by atoms with Gasteiger partial charge in [0, 0.05) is 25.2 Å². The Bertz CT molecular complexity index is 445. The Morgan fingerprint density at radius 1 is 1.39 bits per heavy atom. The molecule has 18 heavy (non-hydrogen) atoms. The number of allylic oxidation sites excluding steroid dienone is 1. The first-order valence-corrected chi connectivity index (χ1v) is 6.44. The third-order valence-corrected chi connectivity index (χ3v) is 3.38. The molecular formula is C15H21N3. The van der Waals surface area contributed by atoms with Crippen LogP contribution in [-0.2, 0) is 0 Å². The summed E-state index contributed by atoms with van der Waals surface area (Å²) in [5.74, 6) is 1.96. The highest BCUT2D eigenvalue weighted by atomic mass is 15.0. The van der Waals surface area contributed by atoms with Gasteiger partial charge in [0.05, 0.1) is 0 Å². The number of hydrogen-bond donors (Lipinski definition) is 2. The van der Waals surface area contributed by atoms with Crippen molar-refractivity contribution in [2.24, 2.45) is 17.6 Å². The van der Waals surface area contributed by atoms with Crippen molar-refractivity contribution in [3.63, 3.8) is 0 Å². The summed E-state index contributed by atoms with van der Waals surface area (Å²) in [4.78, 5) is 4.35. The Balaban J connectivity index is 1.90. The maximum atomic E-state index is 5.64. The van der Waals surface area contributed by atoms with Gasteiger partial charge in [-0.25, -0.2) is 4.98 Å². The largest absolute Gasteiger partial charge is 0.369 e. The molecule has 1 aliphatic rings. The van der Waals surface area contributed by atoms with E-state index in [0.29, 0.717) is 18.4 Å². The van der Waals surface area contributed by atoms with Gasteiger partial charge in [0.15, 0.2) is 0 Å². The number of aromatic nitrogens is 1. The van der Waals surface area contributed by atoms with E-state index >= 15 is 0 Å². The van der Waals surface area contributed by atoms with Crippen molar-refractivity contribution in [2.75, 3.05) is 18.4 Å². The molecule has 0 aromatic carbocycles. The van der Waals surface area contributed by atoms with Crippen molar-refractivity contribution < 1.29 is 0 Å². The van der Waals surface area contributed by atoms with E-state index in [1.165, 1.54) is 11.1 Å². The average molecular weight is 243 g/mol. The molecule has 0 amide bonds. The summed E-state index contributed by atoms with van der Waals surface area (Å²) in [5.41, 5.74) is 8.06. The van der Waals surface area contributed by atoms with Crippen LogP contribution in [0.2, 0.25) is 0 Å². The van der Waals surface area contributed by atoms with Crippen LogP contribution < -0.4 is 11.1 Å². The fourth-order valence-electron chi connectivity index (χ4n) is 2.12. The van der Waals surface area contributed by atoms with E-state index in [-0.39, 0.29) is 0 Å². The summed E-state index contributed by atoms with van der Waals surface area (Å²) in [6, 6.07) is 4.09. The smallest absolute Gasteiger partial charge is 0.125 e. The van der Waals surface area contributed by atoms with E-state index in [1.54, 1.807) is 0 Å². The Hall–Kier alpha value is -1.61. The minimum absolute atomic E-state index is 0.503. The first kappa shape index (κ1) is 12.8. The standard InChI is InChI=1S/C15H21N3/c1-11-3-6-15(17-9-11)18-10-14-5-4-13(8-16)7-12(14)2/h3-7,9,12,14H,8,10,16H2,1-2H3,(H,17,18). The zero-order valence-electron chi connectivity index (χ0n) is 11.1. The summed E-state index contributed by atoms with van der Waals surface area (Å²) in [7, 11) is 0. The molecule has 2 unspecified atom stereocenters. The van der Waals surface area contributed by atoms with E-state index in [2.05, 4.69) is 41.5 Å². The topological polar surface area (TPSA) is 50.9 Å². The molecule has 0 bridgehead atoms. The predicted octanol–water partition coefficient (Wildman–Crippen LogP) is 2.51. The fourth-order valence-corrected chi connectivity index (χ4v) is 2.12. The normalized spacial score (nSPS) is 22.7. The molecule has 2 rings (SSSR count). The predicted molar refractivity (Wildman–Crippen MR) is 76.4 cm³/mol. The minimum atomic E-state index is 0.503. The average Bonchev–Trinajstić information content (AvgIpc) is 2.39. The SMILES string of the molecule is Cc1ccc(NCC2C=CC(CN)=CC2C)nc1. The second kappa shape index (κ2) is 5.83. The van der Waals surface area contributed by atoms with Crippen molar-refractivity contribution in [3.8, 4) is 0 Å². The third-order valence-electron chi connectivity index (χ3n) is 3.38. The maximum absolute atomic E-state index is 5.64. The monoisotopic (exact) mass is 243 g/mol. The van der Waals surface area contributed by atoms with Gasteiger partial charge in [0.1, 0.15) is 5.82 Å². The lowest BCUT2D eigenvalue weighted by Crippen LogP contribution is -2.22. The van der Waals surface area contributed by atoms with Crippen LogP contribution in [0.5, 0.6) is 0 Å². The summed E-state index contributed by atoms with van der Waals surface area (Å²) in [6.45, 7) is 5.80. The van der Waals surface area contributed by atoms with Gasteiger partial charge in [-0.3, -0.25) is 0 Å². The van der Waals surface area contributed by atoms with Crippen molar-refractivity contribution in [1.29, 1.82) is 0 Å². The molecule has 2 atom stereocenters. The number of anilines is 1. The third kappa shape index (κ3) is 3.20. The van der Waals surface area contributed by atoms with Gasteiger partial charge in [-0.05, 0) is 30.0 Å². The number of hydrogen-bond acceptors (Lipinski definition) is 3. The molecule has 0 spiro atoms. The second-order valence-corrected chi connectivity index (χ2v) is 4.93. The molecule has 1 aromatic rings. The molecule has 1 aromatic heterocycles. The van der Waals surface area contributed by atoms with Crippen LogP contribution in [0.1, 0.15) is 12.5 Å². The first-order valence-electron chi connectivity index (χ1n) is 6.44. The van der Waals surface area contributed by atoms with Crippen LogP contribution in [0.4, 0.5) is 5.82 Å². The highest BCUT2D eigenvalue weighted by Gasteiger charge is 2.16. The number of rotatable bonds is 4. The van der Waals surface area contributed by atoms with E-state index in [4.69, 9.17) is 5.73 Å². The minimum Gasteiger partial charge on any atom is -0.369 e. The molecule has 0 saturated carbocycles. The lowest BCUT2D eigenvalue weighted by molar-refractivity contribution is 0.525. The number of nitrogens with two attached hydrogens (primary N) is 1. The van der Waals surface area contributed by atoms with Gasteiger partial charge in [0.25, 0.3) is 0 Å². The Morgan fingerprint density at radius 2 is 2.22 bits per heavy atom. The van der Waals surface area contributed by atoms with Crippen LogP contribution in [0.3, 0.4) is 0 Å². The van der Waals surface area contributed by atoms with Crippen molar-refractivity contribution in [2.45, 2.75) is 13.8 Å². The van der Waals surface area contributed by atoms with E-state index < -0.39 is 0 Å². The number of nitrogens with zero attached hydrogens (tertiary/aromatic N) is 1. The molecule has 1 aliphatic carbocycles. The van der Waals surface area contributed by atoms with Crippen molar-refractivity contribution in [3.05, 3.63) is 47.7 Å². The molecule has 1 heterocycles. The number of pyridine rings is 1. The summed E-state index contributed by atoms with van der Waals surface area (Å²) < 4.78 is 0. The van der Waals surface area contributed by atoms with Gasteiger partial charge in [-0.15, -0.1) is 0 Å². The fraction of sp³-hybridized carbons (Fsp3) is 0.400. The van der Waals surface area contributed by atoms with Crippen LogP contribution in [0.25, 0.3) is 0 Å². The van der Waals surface area contributed by atoms with Crippen LogP contribution >= 0.6 is 0 Å². The molecule has 3 nitrogen and oxygen atoms in total. The van der Waals surface area contributed by atoms with Crippen molar-refractivity contribution >= 4 is 5.82 Å². The van der Waals surface area contributed by atoms with E-state index in [9.17, 15) is 0 Å². The van der Waals surface area contributed by atoms with Crippen molar-refractivity contribution in [1.82, 2.24) is 4.98 Å². The highest BCUT2D eigenvalue weighted by Crippen LogP contribution is 2.22. The van der Waals surface area contributed by atoms with Gasteiger partial charge in [0.2, 0.25) is 0 Å². The molecule has 0 fully saturated rings. The number of aryl methyl sites for hydroxylation is 1. The maximum Gasteiger partial charge on any atom is 0.125 e. The van der Waals surface area contributed by atoms with Crippen LogP contribution in [0.15, 0.2) is 42.1 Å². The van der Waals surface area contributed by atoms with Gasteiger partial charge >= 0.3 is 0 Å². The molecule has 96 valence electrons. The van der Waals surface area contributed by atoms with Crippen LogP contribution in [-0.4, -0.2) is 18.1 Å². The lowest BCUT2D eigenvalue weighted by atomic mass is 9.87. The zero-order chi connectivity index (χ0) is 13.0. The first-order chi connectivity index (χ1) is 8.69. The highest BCUT2D eigenvalue weighted by molar-refractivity contribution is 5.36. The van der Waals surface area contributed by atoms with Gasteiger partial charge < -0.3 is 11.1 Å².